The molecule has 1 aromatic rings. The van der Waals surface area contributed by atoms with Gasteiger partial charge in [-0.1, -0.05) is 6.07 Å². The Morgan fingerprint density at radius 1 is 1.23 bits per heavy atom. The Hall–Kier alpha value is -1.16. The fourth-order valence-corrected chi connectivity index (χ4v) is 0.862. The van der Waals surface area contributed by atoms with E-state index in [1.807, 2.05) is 0 Å². The van der Waals surface area contributed by atoms with Crippen LogP contribution in [0, 0.1) is 18.6 Å². The van der Waals surface area contributed by atoms with Gasteiger partial charge in [-0.05, 0) is 18.6 Å². The average molecular weight is 188 g/mol. The van der Waals surface area contributed by atoms with Crippen LogP contribution in [0.2, 0.25) is 0 Å². The van der Waals surface area contributed by atoms with E-state index in [1.165, 1.54) is 26.2 Å². The molecule has 0 heterocycles. The second-order valence-electron chi connectivity index (χ2n) is 2.56. The summed E-state index contributed by atoms with van der Waals surface area (Å²) in [6, 6.07) is 2.82. The van der Waals surface area contributed by atoms with Gasteiger partial charge in [0.15, 0.2) is 18.4 Å². The smallest absolute Gasteiger partial charge is 0.200 e. The zero-order valence-electron chi connectivity index (χ0n) is 7.43. The molecule has 0 atom stereocenters. The van der Waals surface area contributed by atoms with Crippen molar-refractivity contribution < 1.29 is 18.3 Å². The molecule has 0 unspecified atom stereocenters. The molecule has 0 radical (unpaired) electrons. The van der Waals surface area contributed by atoms with Crippen molar-refractivity contribution in [2.24, 2.45) is 0 Å². The van der Waals surface area contributed by atoms with Crippen molar-refractivity contribution in [3.8, 4) is 5.75 Å². The van der Waals surface area contributed by atoms with Crippen LogP contribution in [0.3, 0.4) is 0 Å². The van der Waals surface area contributed by atoms with E-state index in [0.717, 1.165) is 0 Å². The maximum Gasteiger partial charge on any atom is 0.200 e. The molecule has 0 aromatic heterocycles. The molecule has 0 saturated heterocycles. The number of methoxy groups -OCH3 is 1. The Morgan fingerprint density at radius 3 is 2.54 bits per heavy atom. The predicted molar refractivity (Wildman–Crippen MR) is 43.6 cm³/mol. The van der Waals surface area contributed by atoms with Crippen LogP contribution in [0.15, 0.2) is 12.1 Å². The molecule has 0 spiro atoms. The number of aryl methyl sites for hydroxylation is 1. The molecule has 0 N–H and O–H groups in total. The highest BCUT2D eigenvalue weighted by molar-refractivity contribution is 5.30. The maximum atomic E-state index is 13.0. The monoisotopic (exact) mass is 188 g/mol. The Kier molecular flexibility index (Phi) is 3.19. The molecule has 72 valence electrons. The topological polar surface area (TPSA) is 18.5 Å². The molecule has 13 heavy (non-hydrogen) atoms. The third-order valence-corrected chi connectivity index (χ3v) is 1.57. The molecule has 4 heteroatoms. The molecule has 2 nitrogen and oxygen atoms in total. The summed E-state index contributed by atoms with van der Waals surface area (Å²) in [7, 11) is 1.41. The van der Waals surface area contributed by atoms with Crippen molar-refractivity contribution in [3.63, 3.8) is 0 Å². The van der Waals surface area contributed by atoms with E-state index in [9.17, 15) is 8.78 Å². The van der Waals surface area contributed by atoms with Gasteiger partial charge in [0.2, 0.25) is 5.82 Å². The lowest BCUT2D eigenvalue weighted by molar-refractivity contribution is 0.0477. The number of hydrogen-bond acceptors (Lipinski definition) is 2. The van der Waals surface area contributed by atoms with Crippen LogP contribution in [-0.4, -0.2) is 13.9 Å². The Morgan fingerprint density at radius 2 is 1.92 bits per heavy atom. The highest BCUT2D eigenvalue weighted by atomic mass is 19.2. The fraction of sp³-hybridized carbons (Fsp3) is 0.333. The highest BCUT2D eigenvalue weighted by Crippen LogP contribution is 2.21. The van der Waals surface area contributed by atoms with Gasteiger partial charge in [0.1, 0.15) is 0 Å². The van der Waals surface area contributed by atoms with E-state index >= 15 is 0 Å². The number of ether oxygens (including phenoxy) is 2. The van der Waals surface area contributed by atoms with E-state index < -0.39 is 11.6 Å². The van der Waals surface area contributed by atoms with E-state index in [-0.39, 0.29) is 18.1 Å². The largest absolute Gasteiger partial charge is 0.464 e. The molecule has 0 bridgehead atoms. The van der Waals surface area contributed by atoms with Crippen LogP contribution in [0.25, 0.3) is 0 Å². The first-order chi connectivity index (χ1) is 6.16. The van der Waals surface area contributed by atoms with Crippen LogP contribution in [0.5, 0.6) is 5.75 Å². The number of halogens is 2. The third-order valence-electron chi connectivity index (χ3n) is 1.57. The first-order valence-corrected chi connectivity index (χ1v) is 3.73. The lowest BCUT2D eigenvalue weighted by Crippen LogP contribution is -2.02. The van der Waals surface area contributed by atoms with Gasteiger partial charge in [-0.3, -0.25) is 0 Å². The highest BCUT2D eigenvalue weighted by Gasteiger charge is 2.11. The van der Waals surface area contributed by atoms with Gasteiger partial charge >= 0.3 is 0 Å². The average Bonchev–Trinajstić information content (AvgIpc) is 2.13. The van der Waals surface area contributed by atoms with Crippen molar-refractivity contribution in [1.29, 1.82) is 0 Å². The van der Waals surface area contributed by atoms with E-state index in [2.05, 4.69) is 4.74 Å². The summed E-state index contributed by atoms with van der Waals surface area (Å²) in [6.45, 7) is 1.39. The zero-order valence-corrected chi connectivity index (χ0v) is 7.43. The molecule has 0 fully saturated rings. The molecule has 0 aliphatic carbocycles. The second-order valence-corrected chi connectivity index (χ2v) is 2.56. The maximum absolute atomic E-state index is 13.0. The number of benzene rings is 1. The molecular weight excluding hydrogens is 178 g/mol. The summed E-state index contributed by atoms with van der Waals surface area (Å²) >= 11 is 0. The van der Waals surface area contributed by atoms with Crippen molar-refractivity contribution in [2.75, 3.05) is 13.9 Å². The Balaban J connectivity index is 2.90. The first-order valence-electron chi connectivity index (χ1n) is 3.73. The van der Waals surface area contributed by atoms with Crippen LogP contribution >= 0.6 is 0 Å². The van der Waals surface area contributed by atoms with Crippen molar-refractivity contribution >= 4 is 0 Å². The van der Waals surface area contributed by atoms with Gasteiger partial charge in [-0.25, -0.2) is 4.39 Å². The predicted octanol–water partition coefficient (Wildman–Crippen LogP) is 2.26. The van der Waals surface area contributed by atoms with E-state index in [0.29, 0.717) is 0 Å². The minimum atomic E-state index is -0.975. The summed E-state index contributed by atoms with van der Waals surface area (Å²) < 4.78 is 35.3. The van der Waals surface area contributed by atoms with Crippen LogP contribution in [0.1, 0.15) is 5.56 Å². The lowest BCUT2D eigenvalue weighted by atomic mass is 10.2. The summed E-state index contributed by atoms with van der Waals surface area (Å²) in [5, 5.41) is 0. The SMILES string of the molecule is COCOc1ccc(C)c(F)c1F. The van der Waals surface area contributed by atoms with Crippen molar-refractivity contribution in [1.82, 2.24) is 0 Å². The quantitative estimate of drug-likeness (QED) is 0.677. The Labute approximate surface area is 75.1 Å². The first kappa shape index (κ1) is 9.92. The minimum Gasteiger partial charge on any atom is -0.464 e. The molecule has 0 saturated carbocycles. The lowest BCUT2D eigenvalue weighted by Gasteiger charge is -2.06. The summed E-state index contributed by atoms with van der Waals surface area (Å²) in [6.07, 6.45) is 0. The molecule has 0 aliphatic rings. The van der Waals surface area contributed by atoms with Crippen LogP contribution < -0.4 is 4.74 Å². The second kappa shape index (κ2) is 4.18. The third kappa shape index (κ3) is 2.15. The fourth-order valence-electron chi connectivity index (χ4n) is 0.862. The van der Waals surface area contributed by atoms with Gasteiger partial charge in [0.05, 0.1) is 0 Å². The van der Waals surface area contributed by atoms with Crippen molar-refractivity contribution in [2.45, 2.75) is 6.92 Å². The van der Waals surface area contributed by atoms with E-state index in [1.54, 1.807) is 0 Å². The molecule has 1 rings (SSSR count). The summed E-state index contributed by atoms with van der Waals surface area (Å²) in [5.74, 6) is -1.99. The zero-order chi connectivity index (χ0) is 9.84. The van der Waals surface area contributed by atoms with Gasteiger partial charge in [-0.15, -0.1) is 0 Å². The van der Waals surface area contributed by atoms with Gasteiger partial charge in [-0.2, -0.15) is 4.39 Å². The van der Waals surface area contributed by atoms with Crippen LogP contribution in [-0.2, 0) is 4.74 Å². The summed E-state index contributed by atoms with van der Waals surface area (Å²) in [5.41, 5.74) is 0.252. The molecule has 0 aliphatic heterocycles. The normalized spacial score (nSPS) is 10.2. The standard InChI is InChI=1S/C9H10F2O2/c1-6-3-4-7(13-5-12-2)9(11)8(6)10/h3-4H,5H2,1-2H3. The van der Waals surface area contributed by atoms with Gasteiger partial charge in [0, 0.05) is 7.11 Å². The van der Waals surface area contributed by atoms with Crippen LogP contribution in [0.4, 0.5) is 8.78 Å². The number of rotatable bonds is 3. The molecular formula is C9H10F2O2. The van der Waals surface area contributed by atoms with Gasteiger partial charge < -0.3 is 9.47 Å². The van der Waals surface area contributed by atoms with E-state index in [4.69, 9.17) is 4.74 Å². The molecule has 1 aromatic carbocycles. The Bertz CT molecular complexity index is 300. The minimum absolute atomic E-state index is 0.0978. The molecule has 0 amide bonds. The number of hydrogen-bond donors (Lipinski definition) is 0. The van der Waals surface area contributed by atoms with Crippen molar-refractivity contribution in [3.05, 3.63) is 29.3 Å². The summed E-state index contributed by atoms with van der Waals surface area (Å²) in [4.78, 5) is 0. The van der Waals surface area contributed by atoms with Gasteiger partial charge in [0.25, 0.3) is 0 Å².